The first-order chi connectivity index (χ1) is 18.3. The predicted octanol–water partition coefficient (Wildman–Crippen LogP) is 5.65. The molecule has 2 aliphatic heterocycles. The van der Waals surface area contributed by atoms with Crippen LogP contribution in [0.5, 0.6) is 5.75 Å². The van der Waals surface area contributed by atoms with Crippen LogP contribution in [0, 0.1) is 11.8 Å². The number of methoxy groups -OCH3 is 1. The van der Waals surface area contributed by atoms with Gasteiger partial charge in [0.15, 0.2) is 0 Å². The number of benzene rings is 2. The molecule has 2 heterocycles. The van der Waals surface area contributed by atoms with Crippen LogP contribution in [-0.2, 0) is 28.4 Å². The molecule has 0 spiro atoms. The minimum absolute atomic E-state index is 0.107. The van der Waals surface area contributed by atoms with Crippen LogP contribution in [0.1, 0.15) is 48.1 Å². The van der Waals surface area contributed by atoms with Gasteiger partial charge in [-0.05, 0) is 80.2 Å². The number of hydrogen-bond acceptors (Lipinski definition) is 6. The molecule has 1 fully saturated rings. The van der Waals surface area contributed by atoms with Gasteiger partial charge in [-0.1, -0.05) is 6.07 Å². The second-order valence-corrected chi connectivity index (χ2v) is 10.1. The number of esters is 1. The van der Waals surface area contributed by atoms with Gasteiger partial charge in [-0.25, -0.2) is 0 Å². The fraction of sp³-hybridized carbons (Fsp3) is 0.519. The number of hydrogen-bond donors (Lipinski definition) is 2. The number of aliphatic hydroxyl groups is 1. The summed E-state index contributed by atoms with van der Waals surface area (Å²) in [5, 5.41) is 14.0. The van der Waals surface area contributed by atoms with Gasteiger partial charge in [0, 0.05) is 6.54 Å². The molecular weight excluding hydrogens is 530 g/mol. The molecule has 2 aromatic rings. The van der Waals surface area contributed by atoms with E-state index >= 15 is 0 Å². The third-order valence-electron chi connectivity index (χ3n) is 7.48. The Labute approximate surface area is 221 Å². The maximum absolute atomic E-state index is 13.5. The smallest absolute Gasteiger partial charge is 0.416 e. The zero-order valence-corrected chi connectivity index (χ0v) is 21.4. The lowest BCUT2D eigenvalue weighted by atomic mass is 9.88. The lowest BCUT2D eigenvalue weighted by molar-refractivity contribution is -0.148. The summed E-state index contributed by atoms with van der Waals surface area (Å²) in [6, 6.07) is 6.55. The SMILES string of the molecule is COC(=O)[C@@H](C)[C@@H](O)c1ccc2c(c1)NC(C1CCN(Cc3cc(C(F)(F)F)ccc3C(F)(F)F)CC1)CO2. The predicted molar refractivity (Wildman–Crippen MR) is 130 cm³/mol. The molecular formula is C27H30F6N2O4. The van der Waals surface area contributed by atoms with Gasteiger partial charge in [-0.2, -0.15) is 26.3 Å². The number of ether oxygens (including phenoxy) is 2. The molecule has 3 atom stereocenters. The van der Waals surface area contributed by atoms with Gasteiger partial charge in [-0.15, -0.1) is 0 Å². The quantitative estimate of drug-likeness (QED) is 0.352. The zero-order valence-electron chi connectivity index (χ0n) is 21.4. The number of likely N-dealkylation sites (tertiary alicyclic amines) is 1. The Morgan fingerprint density at radius 2 is 1.79 bits per heavy atom. The van der Waals surface area contributed by atoms with Crippen molar-refractivity contribution >= 4 is 11.7 Å². The van der Waals surface area contributed by atoms with Gasteiger partial charge in [0.05, 0.1) is 42.0 Å². The first-order valence-corrected chi connectivity index (χ1v) is 12.6. The Balaban J connectivity index is 1.40. The van der Waals surface area contributed by atoms with E-state index in [1.807, 2.05) is 0 Å². The van der Waals surface area contributed by atoms with Crippen LogP contribution in [0.3, 0.4) is 0 Å². The largest absolute Gasteiger partial charge is 0.489 e. The zero-order chi connectivity index (χ0) is 28.5. The summed E-state index contributed by atoms with van der Waals surface area (Å²) in [4.78, 5) is 13.5. The Bertz CT molecular complexity index is 1180. The monoisotopic (exact) mass is 560 g/mol. The summed E-state index contributed by atoms with van der Waals surface area (Å²) in [7, 11) is 1.25. The van der Waals surface area contributed by atoms with E-state index in [-0.39, 0.29) is 18.5 Å². The van der Waals surface area contributed by atoms with E-state index in [1.54, 1.807) is 30.0 Å². The number of carbonyl (C=O) groups excluding carboxylic acids is 1. The molecule has 0 saturated carbocycles. The van der Waals surface area contributed by atoms with E-state index < -0.39 is 47.0 Å². The number of aliphatic hydroxyl groups excluding tert-OH is 1. The summed E-state index contributed by atoms with van der Waals surface area (Å²) in [5.41, 5.74) is -1.39. The Hall–Kier alpha value is -2.99. The summed E-state index contributed by atoms with van der Waals surface area (Å²) in [6.07, 6.45) is -9.35. The molecule has 1 unspecified atom stereocenters. The maximum atomic E-state index is 13.5. The maximum Gasteiger partial charge on any atom is 0.416 e. The van der Waals surface area contributed by atoms with Crippen molar-refractivity contribution in [3.05, 3.63) is 58.7 Å². The molecule has 2 aromatic carbocycles. The van der Waals surface area contributed by atoms with E-state index in [4.69, 9.17) is 9.47 Å². The molecule has 4 rings (SSSR count). The molecule has 0 radical (unpaired) electrons. The van der Waals surface area contributed by atoms with Gasteiger partial charge in [0.2, 0.25) is 0 Å². The number of fused-ring (bicyclic) bond motifs is 1. The highest BCUT2D eigenvalue weighted by molar-refractivity contribution is 5.73. The number of nitrogens with one attached hydrogen (secondary N) is 1. The Morgan fingerprint density at radius 1 is 1.10 bits per heavy atom. The first-order valence-electron chi connectivity index (χ1n) is 12.6. The second kappa shape index (κ2) is 11.2. The second-order valence-electron chi connectivity index (χ2n) is 10.1. The van der Waals surface area contributed by atoms with Crippen molar-refractivity contribution in [3.8, 4) is 5.75 Å². The van der Waals surface area contributed by atoms with Crippen LogP contribution in [0.2, 0.25) is 0 Å². The number of rotatable bonds is 6. The van der Waals surface area contributed by atoms with Crippen molar-refractivity contribution in [1.82, 2.24) is 4.90 Å². The van der Waals surface area contributed by atoms with Crippen molar-refractivity contribution in [2.75, 3.05) is 32.1 Å². The van der Waals surface area contributed by atoms with Crippen LogP contribution >= 0.6 is 0 Å². The van der Waals surface area contributed by atoms with Crippen molar-refractivity contribution in [2.24, 2.45) is 11.8 Å². The van der Waals surface area contributed by atoms with Crippen LogP contribution in [0.15, 0.2) is 36.4 Å². The van der Waals surface area contributed by atoms with Crippen molar-refractivity contribution in [2.45, 2.75) is 50.8 Å². The molecule has 39 heavy (non-hydrogen) atoms. The fourth-order valence-corrected chi connectivity index (χ4v) is 5.18. The number of nitrogens with zero attached hydrogens (tertiary/aromatic N) is 1. The summed E-state index contributed by atoms with van der Waals surface area (Å²) in [6.45, 7) is 2.53. The average Bonchev–Trinajstić information content (AvgIpc) is 2.90. The van der Waals surface area contributed by atoms with Crippen LogP contribution in [-0.4, -0.2) is 48.8 Å². The summed E-state index contributed by atoms with van der Waals surface area (Å²) in [5.74, 6) is -0.607. The van der Waals surface area contributed by atoms with Crippen molar-refractivity contribution < 1.29 is 45.7 Å². The fourth-order valence-electron chi connectivity index (χ4n) is 5.18. The third-order valence-corrected chi connectivity index (χ3v) is 7.48. The Morgan fingerprint density at radius 3 is 2.41 bits per heavy atom. The molecule has 2 aliphatic rings. The van der Waals surface area contributed by atoms with E-state index in [0.717, 1.165) is 0 Å². The number of carbonyl (C=O) groups is 1. The molecule has 0 aliphatic carbocycles. The van der Waals surface area contributed by atoms with E-state index in [9.17, 15) is 36.2 Å². The molecule has 12 heteroatoms. The van der Waals surface area contributed by atoms with Gasteiger partial charge in [-0.3, -0.25) is 9.69 Å². The van der Waals surface area contributed by atoms with Gasteiger partial charge < -0.3 is 19.9 Å². The van der Waals surface area contributed by atoms with Crippen LogP contribution in [0.25, 0.3) is 0 Å². The van der Waals surface area contributed by atoms with Gasteiger partial charge >= 0.3 is 18.3 Å². The highest BCUT2D eigenvalue weighted by atomic mass is 19.4. The molecule has 0 bridgehead atoms. The third kappa shape index (κ3) is 6.60. The number of anilines is 1. The highest BCUT2D eigenvalue weighted by Gasteiger charge is 2.38. The van der Waals surface area contributed by atoms with Crippen LogP contribution in [0.4, 0.5) is 32.0 Å². The van der Waals surface area contributed by atoms with Crippen molar-refractivity contribution in [3.63, 3.8) is 0 Å². The molecule has 214 valence electrons. The van der Waals surface area contributed by atoms with Gasteiger partial charge in [0.1, 0.15) is 12.4 Å². The number of piperidine rings is 1. The summed E-state index contributed by atoms with van der Waals surface area (Å²) >= 11 is 0. The standard InChI is InChI=1S/C27H30F6N2O4/c1-15(25(37)38-2)24(36)17-3-6-23-21(12-17)34-22(14-39-23)16-7-9-35(10-8-16)13-18-11-19(26(28,29)30)4-5-20(18)27(31,32)33/h3-6,11-12,15-16,22,24,34,36H,7-10,13-14H2,1-2H3/t15-,22?,24+/m0/s1. The molecule has 6 nitrogen and oxygen atoms in total. The Kier molecular flexibility index (Phi) is 8.36. The summed E-state index contributed by atoms with van der Waals surface area (Å²) < 4.78 is 90.5. The lowest BCUT2D eigenvalue weighted by Crippen LogP contribution is -2.44. The highest BCUT2D eigenvalue weighted by Crippen LogP contribution is 2.39. The van der Waals surface area contributed by atoms with E-state index in [1.165, 1.54) is 7.11 Å². The minimum atomic E-state index is -4.75. The molecule has 2 N–H and O–H groups in total. The molecule has 0 amide bonds. The van der Waals surface area contributed by atoms with Gasteiger partial charge in [0.25, 0.3) is 0 Å². The first kappa shape index (κ1) is 29.0. The minimum Gasteiger partial charge on any atom is -0.489 e. The molecule has 1 saturated heterocycles. The van der Waals surface area contributed by atoms with Crippen LogP contribution < -0.4 is 10.1 Å². The number of alkyl halides is 6. The van der Waals surface area contributed by atoms with E-state index in [0.29, 0.717) is 67.7 Å². The number of halogens is 6. The normalized spacial score (nSPS) is 20.4. The lowest BCUT2D eigenvalue weighted by Gasteiger charge is -2.39. The van der Waals surface area contributed by atoms with E-state index in [2.05, 4.69) is 5.32 Å². The average molecular weight is 561 g/mol. The molecule has 0 aromatic heterocycles. The topological polar surface area (TPSA) is 71.0 Å². The van der Waals surface area contributed by atoms with Crippen molar-refractivity contribution in [1.29, 1.82) is 0 Å².